The highest BCUT2D eigenvalue weighted by Crippen LogP contribution is 2.22. The molecule has 0 aliphatic rings. The second kappa shape index (κ2) is 5.41. The van der Waals surface area contributed by atoms with E-state index >= 15 is 0 Å². The van der Waals surface area contributed by atoms with Crippen LogP contribution in [0.15, 0.2) is 0 Å². The van der Waals surface area contributed by atoms with Crippen molar-refractivity contribution < 1.29 is 0 Å². The van der Waals surface area contributed by atoms with Crippen molar-refractivity contribution in [2.75, 3.05) is 5.75 Å². The predicted molar refractivity (Wildman–Crippen MR) is 58.1 cm³/mol. The first-order valence-electron chi connectivity index (χ1n) is 1.84. The molecule has 0 aromatic carbocycles. The fourth-order valence-corrected chi connectivity index (χ4v) is 4.05. The number of thiol groups is 4. The summed E-state index contributed by atoms with van der Waals surface area (Å²) >= 11 is 16.5. The van der Waals surface area contributed by atoms with E-state index in [1.807, 2.05) is 0 Å². The Labute approximate surface area is 73.4 Å². The average Bonchev–Trinajstić information content (AvgIpc) is 1.30. The lowest BCUT2D eigenvalue weighted by Gasteiger charge is -2.07. The summed E-state index contributed by atoms with van der Waals surface area (Å²) in [6, 6.07) is 0.936. The Balaban J connectivity index is 0. The first kappa shape index (κ1) is 12.3. The van der Waals surface area contributed by atoms with Gasteiger partial charge in [-0.2, -0.15) is 48.9 Å². The molecule has 0 unspecified atom stereocenters. The van der Waals surface area contributed by atoms with E-state index in [-0.39, 0.29) is 7.43 Å². The third kappa shape index (κ3) is 10.6. The van der Waals surface area contributed by atoms with Gasteiger partial charge in [0.1, 0.15) is 0 Å². The molecule has 0 heterocycles. The van der Waals surface area contributed by atoms with Crippen LogP contribution in [-0.4, -0.2) is 11.3 Å². The van der Waals surface area contributed by atoms with E-state index < -0.39 is 5.52 Å². The molecular weight excluding hydrogens is 192 g/mol. The zero-order valence-electron chi connectivity index (χ0n) is 3.70. The van der Waals surface area contributed by atoms with Crippen molar-refractivity contribution in [2.24, 2.45) is 0 Å². The molecule has 0 aromatic rings. The van der Waals surface area contributed by atoms with Gasteiger partial charge >= 0.3 is 0 Å². The fourth-order valence-electron chi connectivity index (χ4n) is 0.150. The fraction of sp³-hybridized carbons (Fsp3) is 1.00. The maximum absolute atomic E-state index is 4.15. The summed E-state index contributed by atoms with van der Waals surface area (Å²) in [5.74, 6) is 0.836. The van der Waals surface area contributed by atoms with Crippen LogP contribution in [0.25, 0.3) is 0 Å². The van der Waals surface area contributed by atoms with Gasteiger partial charge < -0.3 is 0 Å². The van der Waals surface area contributed by atoms with Crippen LogP contribution in [0.3, 0.4) is 0 Å². The summed E-state index contributed by atoms with van der Waals surface area (Å²) < 4.78 is 0. The standard InChI is InChI=1S/C2H8S4Si.CH4/c3-1-2-7(4,5)6;/h3-6H,1-2H2;1H4. The molecule has 5 heteroatoms. The molecule has 0 amide bonds. The smallest absolute Gasteiger partial charge is 0.180 e. The van der Waals surface area contributed by atoms with Gasteiger partial charge in [-0.1, -0.05) is 7.43 Å². The second-order valence-electron chi connectivity index (χ2n) is 1.25. The SMILES string of the molecule is C.SCC[Si](S)(S)S. The quantitative estimate of drug-likeness (QED) is 0.385. The maximum Gasteiger partial charge on any atom is 0.229 e. The van der Waals surface area contributed by atoms with Crippen molar-refractivity contribution in [3.63, 3.8) is 0 Å². The Morgan fingerprint density at radius 3 is 1.50 bits per heavy atom. The summed E-state index contributed by atoms with van der Waals surface area (Å²) in [6.45, 7) is 0. The summed E-state index contributed by atoms with van der Waals surface area (Å²) in [5, 5.41) is 0. The summed E-state index contributed by atoms with van der Waals surface area (Å²) in [5.41, 5.74) is -1.65. The van der Waals surface area contributed by atoms with Crippen LogP contribution in [0.4, 0.5) is 0 Å². The van der Waals surface area contributed by atoms with Crippen LogP contribution in [-0.2, 0) is 0 Å². The molecule has 0 spiro atoms. The van der Waals surface area contributed by atoms with Gasteiger partial charge in [0.15, 0.2) is 0 Å². The van der Waals surface area contributed by atoms with Gasteiger partial charge in [0.25, 0.3) is 0 Å². The van der Waals surface area contributed by atoms with E-state index in [0.29, 0.717) is 0 Å². The van der Waals surface area contributed by atoms with Crippen molar-refractivity contribution in [1.29, 1.82) is 0 Å². The Bertz CT molecular complexity index is 49.7. The molecule has 0 nitrogen and oxygen atoms in total. The summed E-state index contributed by atoms with van der Waals surface area (Å²) in [7, 11) is 0. The molecule has 0 aromatic heterocycles. The van der Waals surface area contributed by atoms with Crippen LogP contribution in [0.5, 0.6) is 0 Å². The lowest BCUT2D eigenvalue weighted by molar-refractivity contribution is 1.50. The van der Waals surface area contributed by atoms with Crippen molar-refractivity contribution in [3.05, 3.63) is 0 Å². The first-order chi connectivity index (χ1) is 3.06. The molecule has 0 aliphatic heterocycles. The van der Waals surface area contributed by atoms with Crippen molar-refractivity contribution in [3.8, 4) is 0 Å². The normalized spacial score (nSPS) is 10.5. The second-order valence-corrected chi connectivity index (χ2v) is 13.8. The molecule has 52 valence electrons. The number of hydrogen-bond donors (Lipinski definition) is 4. The van der Waals surface area contributed by atoms with Gasteiger partial charge in [-0.25, -0.2) is 0 Å². The molecule has 0 saturated carbocycles. The van der Waals surface area contributed by atoms with E-state index in [1.165, 1.54) is 0 Å². The van der Waals surface area contributed by atoms with Crippen LogP contribution >= 0.6 is 48.9 Å². The number of hydrogen-bond acceptors (Lipinski definition) is 4. The summed E-state index contributed by atoms with van der Waals surface area (Å²) in [4.78, 5) is 0. The first-order valence-corrected chi connectivity index (χ1v) is 8.55. The van der Waals surface area contributed by atoms with Crippen LogP contribution in [0.2, 0.25) is 6.04 Å². The minimum Gasteiger partial charge on any atom is -0.180 e. The topological polar surface area (TPSA) is 0 Å². The van der Waals surface area contributed by atoms with Crippen LogP contribution in [0, 0.1) is 0 Å². The molecule has 0 radical (unpaired) electrons. The minimum atomic E-state index is -1.65. The van der Waals surface area contributed by atoms with Crippen molar-refractivity contribution in [1.82, 2.24) is 0 Å². The Kier molecular flexibility index (Phi) is 8.32. The van der Waals surface area contributed by atoms with Gasteiger partial charge in [0.2, 0.25) is 5.52 Å². The van der Waals surface area contributed by atoms with Gasteiger partial charge in [0.05, 0.1) is 0 Å². The molecule has 0 N–H and O–H groups in total. The third-order valence-electron chi connectivity index (χ3n) is 0.447. The van der Waals surface area contributed by atoms with E-state index in [1.54, 1.807) is 0 Å². The molecule has 0 atom stereocenters. The Morgan fingerprint density at radius 2 is 1.50 bits per heavy atom. The molecule has 0 saturated heterocycles. The third-order valence-corrected chi connectivity index (χ3v) is 4.02. The largest absolute Gasteiger partial charge is 0.229 e. The monoisotopic (exact) mass is 204 g/mol. The Morgan fingerprint density at radius 1 is 1.12 bits per heavy atom. The molecule has 0 aliphatic carbocycles. The van der Waals surface area contributed by atoms with E-state index in [0.717, 1.165) is 11.8 Å². The Hall–Kier alpha value is 1.62. The van der Waals surface area contributed by atoms with Gasteiger partial charge in [-0.15, -0.1) is 0 Å². The molecule has 8 heavy (non-hydrogen) atoms. The zero-order chi connectivity index (χ0) is 5.91. The van der Waals surface area contributed by atoms with Gasteiger partial charge in [-0.05, 0) is 11.8 Å². The molecular formula is C3H12S4Si. The molecule has 0 rings (SSSR count). The maximum atomic E-state index is 4.15. The van der Waals surface area contributed by atoms with E-state index in [9.17, 15) is 0 Å². The van der Waals surface area contributed by atoms with Gasteiger partial charge in [0, 0.05) is 0 Å². The predicted octanol–water partition coefficient (Wildman–Crippen LogP) is 2.28. The van der Waals surface area contributed by atoms with Crippen molar-refractivity contribution in [2.45, 2.75) is 13.5 Å². The van der Waals surface area contributed by atoms with E-state index in [2.05, 4.69) is 48.9 Å². The zero-order valence-corrected chi connectivity index (χ0v) is 8.28. The number of rotatable bonds is 2. The summed E-state index contributed by atoms with van der Waals surface area (Å²) in [6.07, 6.45) is 0. The molecule has 0 bridgehead atoms. The van der Waals surface area contributed by atoms with Crippen LogP contribution < -0.4 is 0 Å². The van der Waals surface area contributed by atoms with Crippen molar-refractivity contribution >= 4 is 54.4 Å². The average molecular weight is 204 g/mol. The lowest BCUT2D eigenvalue weighted by atomic mass is 11.0. The highest BCUT2D eigenvalue weighted by Gasteiger charge is 2.15. The minimum absolute atomic E-state index is 0. The van der Waals surface area contributed by atoms with Gasteiger partial charge in [-0.3, -0.25) is 0 Å². The van der Waals surface area contributed by atoms with E-state index in [4.69, 9.17) is 0 Å². The van der Waals surface area contributed by atoms with Crippen LogP contribution in [0.1, 0.15) is 7.43 Å². The lowest BCUT2D eigenvalue weighted by Crippen LogP contribution is -2.09. The highest BCUT2D eigenvalue weighted by molar-refractivity contribution is 8.68. The molecule has 0 fully saturated rings. The highest BCUT2D eigenvalue weighted by atomic mass is 32.7.